The van der Waals surface area contributed by atoms with Gasteiger partial charge in [0.25, 0.3) is 0 Å². The molecule has 3 atom stereocenters. The molecule has 24 heavy (non-hydrogen) atoms. The molecule has 0 radical (unpaired) electrons. The van der Waals surface area contributed by atoms with Crippen molar-refractivity contribution in [2.24, 2.45) is 17.1 Å². The molecule has 1 amide bonds. The van der Waals surface area contributed by atoms with Gasteiger partial charge in [-0.25, -0.2) is 0 Å². The molecule has 3 rings (SSSR count). The van der Waals surface area contributed by atoms with Gasteiger partial charge < -0.3 is 20.7 Å². The van der Waals surface area contributed by atoms with Crippen LogP contribution in [0.2, 0.25) is 0 Å². The van der Waals surface area contributed by atoms with E-state index < -0.39 is 5.54 Å². The van der Waals surface area contributed by atoms with E-state index in [0.29, 0.717) is 6.54 Å². The third-order valence-electron chi connectivity index (χ3n) is 7.37. The number of nitrogens with zero attached hydrogens (tertiary/aromatic N) is 1. The lowest BCUT2D eigenvalue weighted by molar-refractivity contribution is -0.225. The van der Waals surface area contributed by atoms with E-state index in [9.17, 15) is 4.79 Å². The van der Waals surface area contributed by atoms with Gasteiger partial charge in [-0.2, -0.15) is 0 Å². The predicted molar refractivity (Wildman–Crippen MR) is 95.7 cm³/mol. The zero-order valence-corrected chi connectivity index (χ0v) is 15.9. The Labute approximate surface area is 146 Å². The fraction of sp³-hybridized carbons (Fsp3) is 0.947. The highest BCUT2D eigenvalue weighted by Gasteiger charge is 2.70. The molecule has 1 saturated heterocycles. The molecule has 5 nitrogen and oxygen atoms in total. The number of nitrogens with two attached hydrogens (primary N) is 1. The minimum Gasteiger partial charge on any atom is -0.377 e. The number of hydrogen-bond donors (Lipinski definition) is 2. The number of carbonyl (C=O) groups is 1. The molecule has 3 fully saturated rings. The number of nitrogens with one attached hydrogen (secondary N) is 1. The van der Waals surface area contributed by atoms with Crippen LogP contribution in [0, 0.1) is 11.3 Å². The molecule has 0 aromatic rings. The summed E-state index contributed by atoms with van der Waals surface area (Å²) in [7, 11) is 4.27. The summed E-state index contributed by atoms with van der Waals surface area (Å²) in [5.41, 5.74) is 5.68. The maximum atomic E-state index is 13.1. The summed E-state index contributed by atoms with van der Waals surface area (Å²) >= 11 is 0. The van der Waals surface area contributed by atoms with Gasteiger partial charge >= 0.3 is 0 Å². The summed E-state index contributed by atoms with van der Waals surface area (Å²) in [6, 6.07) is 0. The maximum absolute atomic E-state index is 13.1. The Bertz CT molecular complexity index is 485. The van der Waals surface area contributed by atoms with E-state index in [1.54, 1.807) is 0 Å². The number of likely N-dealkylation sites (N-methyl/N-ethyl adjacent to an activating group) is 1. The molecular weight excluding hydrogens is 302 g/mol. The van der Waals surface area contributed by atoms with Crippen LogP contribution >= 0.6 is 0 Å². The Morgan fingerprint density at radius 3 is 2.50 bits per heavy atom. The van der Waals surface area contributed by atoms with E-state index >= 15 is 0 Å². The van der Waals surface area contributed by atoms with E-state index in [4.69, 9.17) is 10.5 Å². The minimum absolute atomic E-state index is 0.0195. The van der Waals surface area contributed by atoms with Crippen LogP contribution in [-0.4, -0.2) is 55.2 Å². The monoisotopic (exact) mass is 337 g/mol. The van der Waals surface area contributed by atoms with Crippen LogP contribution in [0.4, 0.5) is 0 Å². The highest BCUT2D eigenvalue weighted by Crippen LogP contribution is 2.57. The van der Waals surface area contributed by atoms with Crippen molar-refractivity contribution in [2.75, 3.05) is 27.2 Å². The molecule has 2 aliphatic carbocycles. The topological polar surface area (TPSA) is 67.6 Å². The lowest BCUT2D eigenvalue weighted by Crippen LogP contribution is -2.82. The zero-order valence-electron chi connectivity index (χ0n) is 15.9. The first-order valence-electron chi connectivity index (χ1n) is 9.62. The summed E-state index contributed by atoms with van der Waals surface area (Å²) < 4.78 is 5.92. The Morgan fingerprint density at radius 2 is 1.88 bits per heavy atom. The van der Waals surface area contributed by atoms with Crippen molar-refractivity contribution in [3.05, 3.63) is 0 Å². The van der Waals surface area contributed by atoms with E-state index in [-0.39, 0.29) is 28.9 Å². The zero-order chi connectivity index (χ0) is 17.6. The quantitative estimate of drug-likeness (QED) is 0.822. The van der Waals surface area contributed by atoms with Crippen LogP contribution in [-0.2, 0) is 9.53 Å². The van der Waals surface area contributed by atoms with Crippen LogP contribution < -0.4 is 11.1 Å². The van der Waals surface area contributed by atoms with Crippen LogP contribution in [0.15, 0.2) is 0 Å². The molecule has 3 unspecified atom stereocenters. The molecule has 0 spiro atoms. The summed E-state index contributed by atoms with van der Waals surface area (Å²) in [5, 5.41) is 3.24. The van der Waals surface area contributed by atoms with Crippen molar-refractivity contribution in [2.45, 2.75) is 76.0 Å². The number of fused-ring (bicyclic) bond motifs is 1. The third-order valence-corrected chi connectivity index (χ3v) is 7.37. The largest absolute Gasteiger partial charge is 0.377 e. The van der Waals surface area contributed by atoms with Crippen molar-refractivity contribution in [3.63, 3.8) is 0 Å². The van der Waals surface area contributed by atoms with Gasteiger partial charge in [0.05, 0.1) is 6.10 Å². The predicted octanol–water partition coefficient (Wildman–Crippen LogP) is 1.90. The van der Waals surface area contributed by atoms with E-state index in [2.05, 4.69) is 38.2 Å². The van der Waals surface area contributed by atoms with E-state index in [1.165, 1.54) is 19.3 Å². The van der Waals surface area contributed by atoms with Crippen LogP contribution in [0.25, 0.3) is 0 Å². The molecule has 2 saturated carbocycles. The minimum atomic E-state index is -0.805. The van der Waals surface area contributed by atoms with Gasteiger partial charge in [0.15, 0.2) is 0 Å². The van der Waals surface area contributed by atoms with Crippen molar-refractivity contribution in [1.82, 2.24) is 10.2 Å². The van der Waals surface area contributed by atoms with Gasteiger partial charge in [-0.3, -0.25) is 4.79 Å². The smallest absolute Gasteiger partial charge is 0.241 e. The SMILES string of the molecule is CN(C)C1(CNC(=O)C2(N)C3CCCOC3C2(C)C)CCCCC1. The molecule has 1 heterocycles. The first kappa shape index (κ1) is 18.2. The summed E-state index contributed by atoms with van der Waals surface area (Å²) in [6.45, 7) is 5.67. The van der Waals surface area contributed by atoms with Gasteiger partial charge in [-0.15, -0.1) is 0 Å². The van der Waals surface area contributed by atoms with Crippen molar-refractivity contribution in [3.8, 4) is 0 Å². The Kier molecular flexibility index (Phi) is 4.73. The average molecular weight is 338 g/mol. The maximum Gasteiger partial charge on any atom is 0.241 e. The normalized spacial score (nSPS) is 37.4. The van der Waals surface area contributed by atoms with Gasteiger partial charge in [-0.1, -0.05) is 33.1 Å². The number of hydrogen-bond acceptors (Lipinski definition) is 4. The molecule has 138 valence electrons. The molecule has 3 aliphatic rings. The van der Waals surface area contributed by atoms with Crippen LogP contribution in [0.5, 0.6) is 0 Å². The Balaban J connectivity index is 1.70. The standard InChI is InChI=1S/C19H35N3O2/c1-17(2)15-14(9-8-12-24-15)19(17,20)16(23)21-13-18(22(3)4)10-6-5-7-11-18/h14-15H,5-13,20H2,1-4H3,(H,21,23). The van der Waals surface area contributed by atoms with Gasteiger partial charge in [-0.05, 0) is 39.8 Å². The number of carbonyl (C=O) groups excluding carboxylic acids is 1. The van der Waals surface area contributed by atoms with Gasteiger partial charge in [0.2, 0.25) is 5.91 Å². The molecule has 0 aromatic carbocycles. The van der Waals surface area contributed by atoms with Gasteiger partial charge in [0.1, 0.15) is 5.54 Å². The number of ether oxygens (including phenoxy) is 1. The Hall–Kier alpha value is -0.650. The van der Waals surface area contributed by atoms with Gasteiger partial charge in [0, 0.05) is 30.0 Å². The van der Waals surface area contributed by atoms with Crippen molar-refractivity contribution >= 4 is 5.91 Å². The number of rotatable bonds is 4. The highest BCUT2D eigenvalue weighted by molar-refractivity contribution is 5.89. The second kappa shape index (κ2) is 6.26. The number of amides is 1. The van der Waals surface area contributed by atoms with Crippen LogP contribution in [0.1, 0.15) is 58.8 Å². The van der Waals surface area contributed by atoms with Crippen molar-refractivity contribution in [1.29, 1.82) is 0 Å². The summed E-state index contributed by atoms with van der Waals surface area (Å²) in [4.78, 5) is 15.4. The van der Waals surface area contributed by atoms with E-state index in [1.807, 2.05) is 0 Å². The first-order chi connectivity index (χ1) is 11.3. The van der Waals surface area contributed by atoms with Crippen LogP contribution in [0.3, 0.4) is 0 Å². The molecule has 5 heteroatoms. The summed E-state index contributed by atoms with van der Waals surface area (Å²) in [5.74, 6) is 0.175. The highest BCUT2D eigenvalue weighted by atomic mass is 16.5. The molecule has 1 aliphatic heterocycles. The molecular formula is C19H35N3O2. The second-order valence-corrected chi connectivity index (χ2v) is 8.99. The first-order valence-corrected chi connectivity index (χ1v) is 9.62. The molecule has 0 aromatic heterocycles. The lowest BCUT2D eigenvalue weighted by Gasteiger charge is -2.65. The fourth-order valence-corrected chi connectivity index (χ4v) is 5.42. The molecule has 0 bridgehead atoms. The fourth-order valence-electron chi connectivity index (χ4n) is 5.42. The van der Waals surface area contributed by atoms with E-state index in [0.717, 1.165) is 32.3 Å². The summed E-state index contributed by atoms with van der Waals surface area (Å²) in [6.07, 6.45) is 8.21. The third kappa shape index (κ3) is 2.51. The average Bonchev–Trinajstić information content (AvgIpc) is 2.59. The lowest BCUT2D eigenvalue weighted by atomic mass is 9.46. The molecule has 3 N–H and O–H groups in total. The van der Waals surface area contributed by atoms with Crippen molar-refractivity contribution < 1.29 is 9.53 Å². The second-order valence-electron chi connectivity index (χ2n) is 8.99. The Morgan fingerprint density at radius 1 is 1.21 bits per heavy atom.